The van der Waals surface area contributed by atoms with Gasteiger partial charge in [-0.25, -0.2) is 4.39 Å². The third-order valence-electron chi connectivity index (χ3n) is 2.52. The first-order valence-electron chi connectivity index (χ1n) is 6.18. The number of hydrogen-bond acceptors (Lipinski definition) is 3. The lowest BCUT2D eigenvalue weighted by Crippen LogP contribution is -2.43. The molecular formula is C15H13FN2O3. The van der Waals surface area contributed by atoms with Crippen molar-refractivity contribution in [1.29, 1.82) is 0 Å². The lowest BCUT2D eigenvalue weighted by atomic mass is 10.2. The molecule has 0 heterocycles. The lowest BCUT2D eigenvalue weighted by molar-refractivity contribution is -0.123. The fourth-order valence-electron chi connectivity index (χ4n) is 1.53. The van der Waals surface area contributed by atoms with Gasteiger partial charge < -0.3 is 4.74 Å². The summed E-state index contributed by atoms with van der Waals surface area (Å²) < 4.78 is 18.0. The Balaban J connectivity index is 1.76. The van der Waals surface area contributed by atoms with E-state index in [0.29, 0.717) is 5.56 Å². The van der Waals surface area contributed by atoms with Gasteiger partial charge in [0.05, 0.1) is 0 Å². The Morgan fingerprint density at radius 2 is 1.76 bits per heavy atom. The van der Waals surface area contributed by atoms with Crippen molar-refractivity contribution in [3.05, 3.63) is 66.0 Å². The number of carbonyl (C=O) groups is 2. The second-order valence-electron chi connectivity index (χ2n) is 4.11. The van der Waals surface area contributed by atoms with E-state index in [1.807, 2.05) is 0 Å². The molecule has 2 amide bonds. The van der Waals surface area contributed by atoms with E-state index in [9.17, 15) is 14.0 Å². The van der Waals surface area contributed by atoms with Crippen LogP contribution < -0.4 is 15.6 Å². The maximum absolute atomic E-state index is 12.9. The number of ether oxygens (including phenoxy) is 1. The molecule has 0 bridgehead atoms. The smallest absolute Gasteiger partial charge is 0.276 e. The zero-order valence-electron chi connectivity index (χ0n) is 11.0. The summed E-state index contributed by atoms with van der Waals surface area (Å²) in [5.74, 6) is -1.21. The highest BCUT2D eigenvalue weighted by Crippen LogP contribution is 2.11. The molecule has 0 aliphatic rings. The SMILES string of the molecule is O=C(COc1cccc(F)c1)NNC(=O)c1ccccc1. The number of benzene rings is 2. The summed E-state index contributed by atoms with van der Waals surface area (Å²) in [6, 6.07) is 13.9. The highest BCUT2D eigenvalue weighted by molar-refractivity contribution is 5.95. The van der Waals surface area contributed by atoms with Gasteiger partial charge in [-0.3, -0.25) is 20.4 Å². The molecule has 0 aliphatic carbocycles. The van der Waals surface area contributed by atoms with Crippen LogP contribution in [0.2, 0.25) is 0 Å². The Labute approximate surface area is 120 Å². The molecule has 0 aliphatic heterocycles. The fourth-order valence-corrected chi connectivity index (χ4v) is 1.53. The van der Waals surface area contributed by atoms with Crippen molar-refractivity contribution in [3.8, 4) is 5.75 Å². The van der Waals surface area contributed by atoms with Crippen LogP contribution in [-0.4, -0.2) is 18.4 Å². The molecule has 5 nitrogen and oxygen atoms in total. The van der Waals surface area contributed by atoms with E-state index < -0.39 is 17.6 Å². The molecule has 2 aromatic rings. The van der Waals surface area contributed by atoms with E-state index in [1.165, 1.54) is 18.2 Å². The van der Waals surface area contributed by atoms with Crippen LogP contribution >= 0.6 is 0 Å². The van der Waals surface area contributed by atoms with Gasteiger partial charge in [0.2, 0.25) is 0 Å². The number of hydrazine groups is 1. The number of hydrogen-bond donors (Lipinski definition) is 2. The molecule has 0 saturated heterocycles. The van der Waals surface area contributed by atoms with E-state index in [-0.39, 0.29) is 12.4 Å². The van der Waals surface area contributed by atoms with Gasteiger partial charge in [-0.15, -0.1) is 0 Å². The molecule has 6 heteroatoms. The van der Waals surface area contributed by atoms with Crippen molar-refractivity contribution in [2.45, 2.75) is 0 Å². The number of nitrogens with one attached hydrogen (secondary N) is 2. The predicted molar refractivity (Wildman–Crippen MR) is 73.9 cm³/mol. The first-order chi connectivity index (χ1) is 10.1. The molecule has 21 heavy (non-hydrogen) atoms. The Morgan fingerprint density at radius 1 is 1.00 bits per heavy atom. The number of rotatable bonds is 4. The van der Waals surface area contributed by atoms with Gasteiger partial charge >= 0.3 is 0 Å². The van der Waals surface area contributed by atoms with Crippen LogP contribution in [0.15, 0.2) is 54.6 Å². The van der Waals surface area contributed by atoms with Crippen molar-refractivity contribution in [3.63, 3.8) is 0 Å². The molecule has 0 saturated carbocycles. The third kappa shape index (κ3) is 4.61. The second-order valence-corrected chi connectivity index (χ2v) is 4.11. The van der Waals surface area contributed by atoms with Crippen molar-refractivity contribution in [2.24, 2.45) is 0 Å². The van der Waals surface area contributed by atoms with Crippen LogP contribution in [0.4, 0.5) is 4.39 Å². The van der Waals surface area contributed by atoms with Gasteiger partial charge in [0, 0.05) is 11.6 Å². The van der Waals surface area contributed by atoms with Crippen LogP contribution in [-0.2, 0) is 4.79 Å². The van der Waals surface area contributed by atoms with Crippen molar-refractivity contribution < 1.29 is 18.7 Å². The lowest BCUT2D eigenvalue weighted by Gasteiger charge is -2.08. The molecule has 0 unspecified atom stereocenters. The minimum Gasteiger partial charge on any atom is -0.484 e. The van der Waals surface area contributed by atoms with Gasteiger partial charge in [-0.05, 0) is 24.3 Å². The van der Waals surface area contributed by atoms with Crippen molar-refractivity contribution in [1.82, 2.24) is 10.9 Å². The Kier molecular flexibility index (Phi) is 4.87. The summed E-state index contributed by atoms with van der Waals surface area (Å²) in [7, 11) is 0. The molecule has 2 rings (SSSR count). The monoisotopic (exact) mass is 288 g/mol. The Bertz CT molecular complexity index is 632. The quantitative estimate of drug-likeness (QED) is 0.841. The minimum atomic E-state index is -0.552. The van der Waals surface area contributed by atoms with Crippen LogP contribution in [0, 0.1) is 5.82 Å². The van der Waals surface area contributed by atoms with E-state index >= 15 is 0 Å². The maximum Gasteiger partial charge on any atom is 0.276 e. The van der Waals surface area contributed by atoms with Gasteiger partial charge in [-0.1, -0.05) is 24.3 Å². The molecule has 0 spiro atoms. The average molecular weight is 288 g/mol. The van der Waals surface area contributed by atoms with Crippen LogP contribution in [0.25, 0.3) is 0 Å². The molecular weight excluding hydrogens is 275 g/mol. The summed E-state index contributed by atoms with van der Waals surface area (Å²) in [6.07, 6.45) is 0. The number of halogens is 1. The summed E-state index contributed by atoms with van der Waals surface area (Å²) in [6.45, 7) is -0.335. The van der Waals surface area contributed by atoms with Gasteiger partial charge in [0.15, 0.2) is 6.61 Å². The van der Waals surface area contributed by atoms with Crippen molar-refractivity contribution in [2.75, 3.05) is 6.61 Å². The van der Waals surface area contributed by atoms with E-state index in [1.54, 1.807) is 30.3 Å². The van der Waals surface area contributed by atoms with E-state index in [0.717, 1.165) is 6.07 Å². The summed E-state index contributed by atoms with van der Waals surface area (Å²) in [5, 5.41) is 0. The molecule has 2 N–H and O–H groups in total. The molecule has 0 fully saturated rings. The van der Waals surface area contributed by atoms with Crippen LogP contribution in [0.5, 0.6) is 5.75 Å². The van der Waals surface area contributed by atoms with Crippen molar-refractivity contribution >= 4 is 11.8 Å². The predicted octanol–water partition coefficient (Wildman–Crippen LogP) is 1.67. The molecule has 108 valence electrons. The zero-order chi connectivity index (χ0) is 15.1. The fraction of sp³-hybridized carbons (Fsp3) is 0.0667. The second kappa shape index (κ2) is 7.04. The summed E-state index contributed by atoms with van der Waals surface area (Å²) in [4.78, 5) is 23.1. The normalized spacial score (nSPS) is 9.76. The minimum absolute atomic E-state index is 0.236. The molecule has 0 atom stereocenters. The summed E-state index contributed by atoms with van der Waals surface area (Å²) in [5.41, 5.74) is 4.88. The Hall–Kier alpha value is -2.89. The summed E-state index contributed by atoms with van der Waals surface area (Å²) >= 11 is 0. The number of carbonyl (C=O) groups excluding carboxylic acids is 2. The van der Waals surface area contributed by atoms with Gasteiger partial charge in [0.1, 0.15) is 11.6 Å². The van der Waals surface area contributed by atoms with Crippen LogP contribution in [0.3, 0.4) is 0 Å². The molecule has 2 aromatic carbocycles. The van der Waals surface area contributed by atoms with E-state index in [2.05, 4.69) is 10.9 Å². The highest BCUT2D eigenvalue weighted by Gasteiger charge is 2.07. The maximum atomic E-state index is 12.9. The average Bonchev–Trinajstić information content (AvgIpc) is 2.51. The largest absolute Gasteiger partial charge is 0.484 e. The van der Waals surface area contributed by atoms with E-state index in [4.69, 9.17) is 4.74 Å². The topological polar surface area (TPSA) is 67.4 Å². The standard InChI is InChI=1S/C15H13FN2O3/c16-12-7-4-8-13(9-12)21-10-14(19)17-18-15(20)11-5-2-1-3-6-11/h1-9H,10H2,(H,17,19)(H,18,20). The number of amides is 2. The van der Waals surface area contributed by atoms with Gasteiger partial charge in [-0.2, -0.15) is 0 Å². The first-order valence-corrected chi connectivity index (χ1v) is 6.18. The third-order valence-corrected chi connectivity index (χ3v) is 2.52. The highest BCUT2D eigenvalue weighted by atomic mass is 19.1. The van der Waals surface area contributed by atoms with Gasteiger partial charge in [0.25, 0.3) is 11.8 Å². The molecule has 0 radical (unpaired) electrons. The zero-order valence-corrected chi connectivity index (χ0v) is 11.0. The first kappa shape index (κ1) is 14.5. The molecule has 0 aromatic heterocycles. The Morgan fingerprint density at radius 3 is 2.48 bits per heavy atom. The van der Waals surface area contributed by atoms with Crippen LogP contribution in [0.1, 0.15) is 10.4 Å².